The van der Waals surface area contributed by atoms with Crippen LogP contribution in [0, 0.1) is 17.3 Å². The molecule has 0 saturated heterocycles. The molecule has 3 aliphatic carbocycles. The Morgan fingerprint density at radius 2 is 2.00 bits per heavy atom. The van der Waals surface area contributed by atoms with Gasteiger partial charge in [0.2, 0.25) is 0 Å². The van der Waals surface area contributed by atoms with Gasteiger partial charge in [0.1, 0.15) is 0 Å². The van der Waals surface area contributed by atoms with Crippen LogP contribution in [-0.2, 0) is 0 Å². The summed E-state index contributed by atoms with van der Waals surface area (Å²) < 4.78 is 1.93. The Hall–Kier alpha value is -2.62. The zero-order valence-corrected chi connectivity index (χ0v) is 14.6. The molecule has 2 atom stereocenters. The minimum absolute atomic E-state index is 0.192. The summed E-state index contributed by atoms with van der Waals surface area (Å²) in [6.07, 6.45) is 10.3. The van der Waals surface area contributed by atoms with Gasteiger partial charge in [0.05, 0.1) is 17.5 Å². The Bertz CT molecular complexity index is 846. The lowest BCUT2D eigenvalue weighted by molar-refractivity contribution is -0.00126. The largest absolute Gasteiger partial charge is 0.323 e. The first-order valence-electron chi connectivity index (χ1n) is 8.83. The van der Waals surface area contributed by atoms with Crippen LogP contribution in [0.1, 0.15) is 37.0 Å². The number of para-hydroxylation sites is 1. The van der Waals surface area contributed by atoms with Gasteiger partial charge in [0.25, 0.3) is 5.91 Å². The molecule has 1 heterocycles. The molecule has 4 heteroatoms. The molecule has 25 heavy (non-hydrogen) atoms. The third-order valence-corrected chi connectivity index (χ3v) is 5.92. The van der Waals surface area contributed by atoms with E-state index in [2.05, 4.69) is 30.5 Å². The number of hydrogen-bond donors (Lipinski definition) is 1. The highest BCUT2D eigenvalue weighted by molar-refractivity contribution is 5.98. The van der Waals surface area contributed by atoms with Crippen molar-refractivity contribution in [3.05, 3.63) is 66.0 Å². The highest BCUT2D eigenvalue weighted by Gasteiger charge is 2.50. The van der Waals surface area contributed by atoms with Gasteiger partial charge in [-0.15, -0.1) is 0 Å². The first kappa shape index (κ1) is 15.9. The quantitative estimate of drug-likeness (QED) is 0.662. The lowest BCUT2D eigenvalue weighted by Gasteiger charge is -2.55. The number of nitrogens with one attached hydrogen (secondary N) is 1. The van der Waals surface area contributed by atoms with E-state index in [4.69, 9.17) is 0 Å². The van der Waals surface area contributed by atoms with Gasteiger partial charge in [-0.1, -0.05) is 32.1 Å². The SMILES string of the molecule is CC1(C)[C@@H]2CC=C(/C=N\NC(=O)c3ccccc3-n3cccc3)[C@H]1C2. The van der Waals surface area contributed by atoms with Crippen molar-refractivity contribution in [2.75, 3.05) is 0 Å². The van der Waals surface area contributed by atoms with E-state index in [9.17, 15) is 4.79 Å². The smallest absolute Gasteiger partial charge is 0.273 e. The fourth-order valence-corrected chi connectivity index (χ4v) is 4.16. The number of allylic oxidation sites excluding steroid dienone is 2. The molecule has 1 saturated carbocycles. The van der Waals surface area contributed by atoms with Crippen molar-refractivity contribution in [1.29, 1.82) is 0 Å². The Morgan fingerprint density at radius 1 is 1.24 bits per heavy atom. The van der Waals surface area contributed by atoms with E-state index < -0.39 is 0 Å². The normalized spacial score (nSPS) is 23.8. The molecule has 2 aromatic rings. The highest BCUT2D eigenvalue weighted by atomic mass is 16.2. The predicted octanol–water partition coefficient (Wildman–Crippen LogP) is 4.19. The maximum absolute atomic E-state index is 12.6. The molecule has 0 unspecified atom stereocenters. The molecule has 2 bridgehead atoms. The van der Waals surface area contributed by atoms with Crippen LogP contribution in [0.15, 0.2) is 65.5 Å². The van der Waals surface area contributed by atoms with Crippen molar-refractivity contribution in [2.24, 2.45) is 22.4 Å². The topological polar surface area (TPSA) is 46.4 Å². The predicted molar refractivity (Wildman–Crippen MR) is 99.8 cm³/mol. The van der Waals surface area contributed by atoms with E-state index in [1.165, 1.54) is 12.0 Å². The number of carbonyl (C=O) groups is 1. The van der Waals surface area contributed by atoms with Crippen LogP contribution in [0.2, 0.25) is 0 Å². The van der Waals surface area contributed by atoms with Crippen molar-refractivity contribution in [3.8, 4) is 5.69 Å². The Morgan fingerprint density at radius 3 is 2.72 bits per heavy atom. The van der Waals surface area contributed by atoms with E-state index in [0.717, 1.165) is 18.0 Å². The first-order valence-corrected chi connectivity index (χ1v) is 8.83. The second-order valence-corrected chi connectivity index (χ2v) is 7.55. The van der Waals surface area contributed by atoms with Gasteiger partial charge in [-0.25, -0.2) is 5.43 Å². The molecule has 0 aliphatic heterocycles. The average molecular weight is 333 g/mol. The summed E-state index contributed by atoms with van der Waals surface area (Å²) >= 11 is 0. The maximum Gasteiger partial charge on any atom is 0.273 e. The molecule has 1 N–H and O–H groups in total. The Labute approximate surface area is 148 Å². The van der Waals surface area contributed by atoms with Gasteiger partial charge in [0.15, 0.2) is 0 Å². The Kier molecular flexibility index (Phi) is 3.83. The average Bonchev–Trinajstić information content (AvgIpc) is 3.16. The molecule has 1 aromatic heterocycles. The minimum atomic E-state index is -0.192. The van der Waals surface area contributed by atoms with Gasteiger partial charge in [-0.2, -0.15) is 5.10 Å². The summed E-state index contributed by atoms with van der Waals surface area (Å²) in [6, 6.07) is 11.4. The first-order chi connectivity index (χ1) is 12.1. The molecule has 5 rings (SSSR count). The van der Waals surface area contributed by atoms with E-state index in [1.54, 1.807) is 0 Å². The van der Waals surface area contributed by atoms with Crippen LogP contribution in [-0.4, -0.2) is 16.7 Å². The summed E-state index contributed by atoms with van der Waals surface area (Å²) in [7, 11) is 0. The van der Waals surface area contributed by atoms with Crippen LogP contribution in [0.3, 0.4) is 0 Å². The summed E-state index contributed by atoms with van der Waals surface area (Å²) in [5, 5.41) is 4.23. The fourth-order valence-electron chi connectivity index (χ4n) is 4.16. The molecular formula is C21H23N3O. The summed E-state index contributed by atoms with van der Waals surface area (Å²) in [4.78, 5) is 12.6. The zero-order valence-electron chi connectivity index (χ0n) is 14.6. The summed E-state index contributed by atoms with van der Waals surface area (Å²) in [6.45, 7) is 4.66. The van der Waals surface area contributed by atoms with Crippen molar-refractivity contribution in [3.63, 3.8) is 0 Å². The maximum atomic E-state index is 12.6. The molecule has 128 valence electrons. The molecule has 1 aromatic carbocycles. The monoisotopic (exact) mass is 333 g/mol. The van der Waals surface area contributed by atoms with Crippen molar-refractivity contribution in [2.45, 2.75) is 26.7 Å². The number of amides is 1. The highest BCUT2D eigenvalue weighted by Crippen LogP contribution is 2.58. The number of fused-ring (bicyclic) bond motifs is 1. The number of carbonyl (C=O) groups excluding carboxylic acids is 1. The third-order valence-electron chi connectivity index (χ3n) is 5.92. The number of benzene rings is 1. The molecule has 4 nitrogen and oxygen atoms in total. The van der Waals surface area contributed by atoms with Gasteiger partial charge >= 0.3 is 0 Å². The molecule has 3 aliphatic rings. The van der Waals surface area contributed by atoms with Crippen LogP contribution in [0.25, 0.3) is 5.69 Å². The van der Waals surface area contributed by atoms with Crippen LogP contribution < -0.4 is 5.43 Å². The van der Waals surface area contributed by atoms with E-state index in [-0.39, 0.29) is 5.91 Å². The van der Waals surface area contributed by atoms with Crippen LogP contribution in [0.4, 0.5) is 0 Å². The third kappa shape index (κ3) is 2.72. The number of rotatable bonds is 4. The lowest BCUT2D eigenvalue weighted by Crippen LogP contribution is -2.48. The number of nitrogens with zero attached hydrogens (tertiary/aromatic N) is 2. The van der Waals surface area contributed by atoms with Crippen LogP contribution >= 0.6 is 0 Å². The zero-order chi connectivity index (χ0) is 17.4. The fraction of sp³-hybridized carbons (Fsp3) is 0.333. The lowest BCUT2D eigenvalue weighted by atomic mass is 9.49. The van der Waals surface area contributed by atoms with E-state index in [0.29, 0.717) is 16.9 Å². The minimum Gasteiger partial charge on any atom is -0.323 e. The van der Waals surface area contributed by atoms with Gasteiger partial charge in [0, 0.05) is 12.4 Å². The number of hydrazone groups is 1. The number of hydrogen-bond acceptors (Lipinski definition) is 2. The van der Waals surface area contributed by atoms with Crippen LogP contribution in [0.5, 0.6) is 0 Å². The molecular weight excluding hydrogens is 310 g/mol. The molecule has 1 amide bonds. The van der Waals surface area contributed by atoms with Crippen molar-refractivity contribution < 1.29 is 4.79 Å². The summed E-state index contributed by atoms with van der Waals surface area (Å²) in [5.41, 5.74) is 5.76. The number of aromatic nitrogens is 1. The second-order valence-electron chi connectivity index (χ2n) is 7.55. The van der Waals surface area contributed by atoms with E-state index >= 15 is 0 Å². The Balaban J connectivity index is 1.48. The second kappa shape index (κ2) is 6.03. The standard InChI is InChI=1S/C21H23N3O/c1-21(2)16-10-9-15(18(21)13-16)14-22-23-20(25)17-7-3-4-8-19(17)24-11-5-6-12-24/h3-9,11-12,14,16,18H,10,13H2,1-2H3,(H,23,25)/b22-14-/t16-,18-/m1/s1. The van der Waals surface area contributed by atoms with Gasteiger partial charge < -0.3 is 4.57 Å². The van der Waals surface area contributed by atoms with E-state index in [1.807, 2.05) is 59.6 Å². The summed E-state index contributed by atoms with van der Waals surface area (Å²) in [5.74, 6) is 1.18. The van der Waals surface area contributed by atoms with Crippen molar-refractivity contribution in [1.82, 2.24) is 9.99 Å². The van der Waals surface area contributed by atoms with Crippen molar-refractivity contribution >= 4 is 12.1 Å². The van der Waals surface area contributed by atoms with Gasteiger partial charge in [-0.3, -0.25) is 4.79 Å². The molecule has 1 fully saturated rings. The molecule has 0 spiro atoms. The molecule has 0 radical (unpaired) electrons. The van der Waals surface area contributed by atoms with Gasteiger partial charge in [-0.05, 0) is 59.9 Å².